The standard InChI is InChI=1S/C21H25N3O4/c1-15(21(26)22-16-6-7-19-20(14-16)28-13-12-27-19)23-8-10-24(11-9-23)17-4-2-3-5-18(17)25/h2-7,14-15,25H,8-13H2,1H3,(H,22,26)/t15-/m1/s1. The number of carbonyl (C=O) groups is 1. The quantitative estimate of drug-likeness (QED) is 0.844. The smallest absolute Gasteiger partial charge is 0.241 e. The molecule has 7 nitrogen and oxygen atoms in total. The lowest BCUT2D eigenvalue weighted by molar-refractivity contribution is -0.120. The summed E-state index contributed by atoms with van der Waals surface area (Å²) in [4.78, 5) is 17.0. The third kappa shape index (κ3) is 3.84. The molecule has 1 saturated heterocycles. The van der Waals surface area contributed by atoms with Crippen LogP contribution in [0, 0.1) is 0 Å². The fourth-order valence-corrected chi connectivity index (χ4v) is 3.62. The Kier molecular flexibility index (Phi) is 5.25. The first kappa shape index (κ1) is 18.4. The van der Waals surface area contributed by atoms with E-state index in [0.717, 1.165) is 31.9 Å². The van der Waals surface area contributed by atoms with Gasteiger partial charge in [0.05, 0.1) is 11.7 Å². The van der Waals surface area contributed by atoms with Crippen molar-refractivity contribution < 1.29 is 19.4 Å². The lowest BCUT2D eigenvalue weighted by Crippen LogP contribution is -2.52. The summed E-state index contributed by atoms with van der Waals surface area (Å²) in [6.07, 6.45) is 0. The van der Waals surface area contributed by atoms with Gasteiger partial charge in [0.25, 0.3) is 0 Å². The molecule has 1 amide bonds. The number of nitrogens with zero attached hydrogens (tertiary/aromatic N) is 2. The van der Waals surface area contributed by atoms with Gasteiger partial charge in [0.2, 0.25) is 5.91 Å². The molecular formula is C21H25N3O4. The summed E-state index contributed by atoms with van der Waals surface area (Å²) in [6, 6.07) is 12.6. The van der Waals surface area contributed by atoms with E-state index >= 15 is 0 Å². The first-order valence-electron chi connectivity index (χ1n) is 9.59. The van der Waals surface area contributed by atoms with Crippen LogP contribution >= 0.6 is 0 Å². The molecule has 2 aliphatic rings. The molecule has 0 saturated carbocycles. The number of phenols is 1. The largest absolute Gasteiger partial charge is 0.506 e. The molecule has 28 heavy (non-hydrogen) atoms. The second kappa shape index (κ2) is 7.98. The third-order valence-corrected chi connectivity index (χ3v) is 5.27. The first-order chi connectivity index (χ1) is 13.6. The Bertz CT molecular complexity index is 849. The van der Waals surface area contributed by atoms with Gasteiger partial charge in [-0.05, 0) is 31.2 Å². The zero-order chi connectivity index (χ0) is 19.5. The van der Waals surface area contributed by atoms with E-state index in [9.17, 15) is 9.90 Å². The van der Waals surface area contributed by atoms with Crippen LogP contribution in [0.25, 0.3) is 0 Å². The number of ether oxygens (including phenoxy) is 2. The maximum Gasteiger partial charge on any atom is 0.241 e. The number of rotatable bonds is 4. The summed E-state index contributed by atoms with van der Waals surface area (Å²) in [5, 5.41) is 13.0. The molecule has 0 spiro atoms. The Balaban J connectivity index is 1.34. The number of anilines is 2. The number of hydrogen-bond donors (Lipinski definition) is 2. The van der Waals surface area contributed by atoms with E-state index in [1.165, 1.54) is 0 Å². The van der Waals surface area contributed by atoms with Crippen LogP contribution in [0.2, 0.25) is 0 Å². The van der Waals surface area contributed by atoms with Crippen molar-refractivity contribution in [2.75, 3.05) is 49.6 Å². The van der Waals surface area contributed by atoms with Crippen molar-refractivity contribution in [3.8, 4) is 17.2 Å². The second-order valence-corrected chi connectivity index (χ2v) is 7.04. The number of para-hydroxylation sites is 2. The molecule has 2 aromatic carbocycles. The lowest BCUT2D eigenvalue weighted by atomic mass is 10.2. The Morgan fingerprint density at radius 3 is 2.50 bits per heavy atom. The molecular weight excluding hydrogens is 358 g/mol. The molecule has 2 aromatic rings. The molecule has 2 N–H and O–H groups in total. The highest BCUT2D eigenvalue weighted by atomic mass is 16.6. The topological polar surface area (TPSA) is 74.3 Å². The van der Waals surface area contributed by atoms with E-state index in [4.69, 9.17) is 9.47 Å². The normalized spacial score (nSPS) is 17.8. The van der Waals surface area contributed by atoms with Gasteiger partial charge in [-0.25, -0.2) is 0 Å². The fourth-order valence-electron chi connectivity index (χ4n) is 3.62. The number of hydrogen-bond acceptors (Lipinski definition) is 6. The van der Waals surface area contributed by atoms with Crippen molar-refractivity contribution in [3.63, 3.8) is 0 Å². The average molecular weight is 383 g/mol. The minimum atomic E-state index is -0.250. The van der Waals surface area contributed by atoms with Crippen LogP contribution in [0.4, 0.5) is 11.4 Å². The first-order valence-corrected chi connectivity index (χ1v) is 9.59. The number of aromatic hydroxyl groups is 1. The Hall–Kier alpha value is -2.93. The highest BCUT2D eigenvalue weighted by molar-refractivity contribution is 5.94. The summed E-state index contributed by atoms with van der Waals surface area (Å²) in [5.74, 6) is 1.61. The molecule has 0 unspecified atom stereocenters. The SMILES string of the molecule is C[C@H](C(=O)Nc1ccc2c(c1)OCCO2)N1CCN(c2ccccc2O)CC1. The van der Waals surface area contributed by atoms with E-state index in [0.29, 0.717) is 36.1 Å². The van der Waals surface area contributed by atoms with E-state index in [-0.39, 0.29) is 11.9 Å². The number of nitrogens with one attached hydrogen (secondary N) is 1. The molecule has 7 heteroatoms. The number of carbonyl (C=O) groups excluding carboxylic acids is 1. The Morgan fingerprint density at radius 2 is 1.75 bits per heavy atom. The summed E-state index contributed by atoms with van der Waals surface area (Å²) in [6.45, 7) is 6.01. The van der Waals surface area contributed by atoms with E-state index < -0.39 is 0 Å². The van der Waals surface area contributed by atoms with E-state index in [1.807, 2.05) is 37.3 Å². The minimum absolute atomic E-state index is 0.0484. The zero-order valence-corrected chi connectivity index (χ0v) is 15.9. The molecule has 0 bridgehead atoms. The number of piperazine rings is 1. The van der Waals surface area contributed by atoms with Gasteiger partial charge in [0, 0.05) is 37.9 Å². The fraction of sp³-hybridized carbons (Fsp3) is 0.381. The van der Waals surface area contributed by atoms with Gasteiger partial charge >= 0.3 is 0 Å². The molecule has 2 heterocycles. The van der Waals surface area contributed by atoms with Gasteiger partial charge in [-0.15, -0.1) is 0 Å². The van der Waals surface area contributed by atoms with Crippen LogP contribution in [0.5, 0.6) is 17.2 Å². The predicted octanol–water partition coefficient (Wildman–Crippen LogP) is 2.31. The minimum Gasteiger partial charge on any atom is -0.506 e. The van der Waals surface area contributed by atoms with Crippen LogP contribution < -0.4 is 19.7 Å². The van der Waals surface area contributed by atoms with Crippen molar-refractivity contribution in [2.45, 2.75) is 13.0 Å². The molecule has 1 atom stereocenters. The van der Waals surface area contributed by atoms with Crippen LogP contribution in [-0.2, 0) is 4.79 Å². The van der Waals surface area contributed by atoms with Gasteiger partial charge in [-0.3, -0.25) is 9.69 Å². The van der Waals surface area contributed by atoms with Crippen LogP contribution in [0.1, 0.15) is 6.92 Å². The highest BCUT2D eigenvalue weighted by Crippen LogP contribution is 2.32. The van der Waals surface area contributed by atoms with Crippen molar-refractivity contribution >= 4 is 17.3 Å². The third-order valence-electron chi connectivity index (χ3n) is 5.27. The summed E-state index contributed by atoms with van der Waals surface area (Å²) in [7, 11) is 0. The van der Waals surface area contributed by atoms with Gasteiger partial charge in [0.15, 0.2) is 11.5 Å². The van der Waals surface area contributed by atoms with Gasteiger partial charge in [0.1, 0.15) is 19.0 Å². The maximum absolute atomic E-state index is 12.7. The molecule has 1 fully saturated rings. The lowest BCUT2D eigenvalue weighted by Gasteiger charge is -2.38. The van der Waals surface area contributed by atoms with Gasteiger partial charge in [-0.1, -0.05) is 12.1 Å². The molecule has 148 valence electrons. The summed E-state index contributed by atoms with van der Waals surface area (Å²) < 4.78 is 11.1. The molecule has 4 rings (SSSR count). The Labute approximate surface area is 164 Å². The summed E-state index contributed by atoms with van der Waals surface area (Å²) in [5.41, 5.74) is 1.55. The van der Waals surface area contributed by atoms with Gasteiger partial charge in [-0.2, -0.15) is 0 Å². The van der Waals surface area contributed by atoms with Crippen molar-refractivity contribution in [1.29, 1.82) is 0 Å². The van der Waals surface area contributed by atoms with E-state index in [1.54, 1.807) is 12.1 Å². The molecule has 0 aliphatic carbocycles. The number of fused-ring (bicyclic) bond motifs is 1. The highest BCUT2D eigenvalue weighted by Gasteiger charge is 2.26. The van der Waals surface area contributed by atoms with Crippen molar-refractivity contribution in [1.82, 2.24) is 4.90 Å². The predicted molar refractivity (Wildman–Crippen MR) is 107 cm³/mol. The van der Waals surface area contributed by atoms with Crippen LogP contribution in [-0.4, -0.2) is 61.3 Å². The number of amides is 1. The molecule has 0 aromatic heterocycles. The summed E-state index contributed by atoms with van der Waals surface area (Å²) >= 11 is 0. The number of benzene rings is 2. The maximum atomic E-state index is 12.7. The Morgan fingerprint density at radius 1 is 1.04 bits per heavy atom. The molecule has 0 radical (unpaired) electrons. The second-order valence-electron chi connectivity index (χ2n) is 7.04. The van der Waals surface area contributed by atoms with Crippen molar-refractivity contribution in [3.05, 3.63) is 42.5 Å². The van der Waals surface area contributed by atoms with Gasteiger partial charge < -0.3 is 24.8 Å². The van der Waals surface area contributed by atoms with Crippen molar-refractivity contribution in [2.24, 2.45) is 0 Å². The number of phenolic OH excluding ortho intramolecular Hbond substituents is 1. The van der Waals surface area contributed by atoms with Crippen LogP contribution in [0.3, 0.4) is 0 Å². The van der Waals surface area contributed by atoms with Crippen LogP contribution in [0.15, 0.2) is 42.5 Å². The average Bonchev–Trinajstić information content (AvgIpc) is 2.73. The molecule has 2 aliphatic heterocycles. The monoisotopic (exact) mass is 383 g/mol. The van der Waals surface area contributed by atoms with E-state index in [2.05, 4.69) is 15.1 Å². The zero-order valence-electron chi connectivity index (χ0n) is 15.9.